The molecule has 0 spiro atoms. The summed E-state index contributed by atoms with van der Waals surface area (Å²) in [6.45, 7) is 4.73. The summed E-state index contributed by atoms with van der Waals surface area (Å²) in [7, 11) is -4.25. The average Bonchev–Trinajstić information content (AvgIpc) is 3.03. The number of aryl methyl sites for hydroxylation is 1. The molecule has 10 heteroatoms. The molecule has 45 heavy (non-hydrogen) atoms. The lowest BCUT2D eigenvalue weighted by atomic mass is 10.0. The molecule has 0 bridgehead atoms. The molecule has 2 amide bonds. The van der Waals surface area contributed by atoms with Gasteiger partial charge in [-0.2, -0.15) is 0 Å². The van der Waals surface area contributed by atoms with Gasteiger partial charge in [0.2, 0.25) is 11.8 Å². The van der Waals surface area contributed by atoms with Crippen LogP contribution in [0.15, 0.2) is 108 Å². The second kappa shape index (κ2) is 15.2. The van der Waals surface area contributed by atoms with Gasteiger partial charge in [-0.25, -0.2) is 12.8 Å². The zero-order valence-corrected chi connectivity index (χ0v) is 27.1. The van der Waals surface area contributed by atoms with Gasteiger partial charge in [-0.05, 0) is 68.3 Å². The van der Waals surface area contributed by atoms with Gasteiger partial charge in [-0.3, -0.25) is 13.9 Å². The molecule has 0 aliphatic rings. The molecular weight excluding hydrogens is 613 g/mol. The van der Waals surface area contributed by atoms with Crippen molar-refractivity contribution >= 4 is 39.1 Å². The number of anilines is 1. The highest BCUT2D eigenvalue weighted by Gasteiger charge is 2.35. The molecule has 0 fully saturated rings. The van der Waals surface area contributed by atoms with E-state index in [1.54, 1.807) is 30.3 Å². The molecule has 0 saturated heterocycles. The van der Waals surface area contributed by atoms with Crippen molar-refractivity contribution < 1.29 is 22.4 Å². The number of hydrogen-bond acceptors (Lipinski definition) is 4. The van der Waals surface area contributed by atoms with Gasteiger partial charge >= 0.3 is 0 Å². The third-order valence-corrected chi connectivity index (χ3v) is 9.61. The Balaban J connectivity index is 1.81. The van der Waals surface area contributed by atoms with Crippen LogP contribution in [0.4, 0.5) is 10.1 Å². The predicted molar refractivity (Wildman–Crippen MR) is 176 cm³/mol. The SMILES string of the molecule is CC[C@H](C)NC(=O)[C@@H](Cc1ccccc1)N(Cc1ccccc1F)C(=O)CN(c1ccc(Cl)cc1)S(=O)(=O)c1ccc(C)cc1. The molecule has 4 rings (SSSR count). The molecule has 1 N–H and O–H groups in total. The van der Waals surface area contributed by atoms with Crippen molar-refractivity contribution in [3.8, 4) is 0 Å². The topological polar surface area (TPSA) is 86.8 Å². The lowest BCUT2D eigenvalue weighted by Gasteiger charge is -2.34. The van der Waals surface area contributed by atoms with Gasteiger partial charge in [0, 0.05) is 29.6 Å². The fourth-order valence-corrected chi connectivity index (χ4v) is 6.32. The molecule has 0 radical (unpaired) electrons. The number of nitrogens with one attached hydrogen (secondary N) is 1. The first-order chi connectivity index (χ1) is 21.5. The predicted octanol–water partition coefficient (Wildman–Crippen LogP) is 6.54. The molecule has 0 aromatic heterocycles. The van der Waals surface area contributed by atoms with Gasteiger partial charge in [0.05, 0.1) is 10.6 Å². The van der Waals surface area contributed by atoms with Crippen LogP contribution in [-0.4, -0.2) is 43.8 Å². The number of halogens is 2. The van der Waals surface area contributed by atoms with Crippen molar-refractivity contribution in [1.29, 1.82) is 0 Å². The zero-order valence-electron chi connectivity index (χ0n) is 25.5. The lowest BCUT2D eigenvalue weighted by Crippen LogP contribution is -2.54. The van der Waals surface area contributed by atoms with Crippen LogP contribution < -0.4 is 9.62 Å². The Bertz CT molecular complexity index is 1700. The van der Waals surface area contributed by atoms with Crippen LogP contribution in [0, 0.1) is 12.7 Å². The maximum absolute atomic E-state index is 15.0. The van der Waals surface area contributed by atoms with Crippen molar-refractivity contribution in [3.63, 3.8) is 0 Å². The van der Waals surface area contributed by atoms with E-state index >= 15 is 4.39 Å². The van der Waals surface area contributed by atoms with Gasteiger partial charge in [0.1, 0.15) is 18.4 Å². The molecule has 0 aliphatic heterocycles. The van der Waals surface area contributed by atoms with Crippen molar-refractivity contribution in [2.45, 2.75) is 57.1 Å². The van der Waals surface area contributed by atoms with Crippen molar-refractivity contribution in [1.82, 2.24) is 10.2 Å². The summed E-state index contributed by atoms with van der Waals surface area (Å²) in [6, 6.07) is 26.4. The monoisotopic (exact) mass is 649 g/mol. The number of amides is 2. The van der Waals surface area contributed by atoms with Gasteiger partial charge < -0.3 is 10.2 Å². The number of carbonyl (C=O) groups is 2. The second-order valence-electron chi connectivity index (χ2n) is 10.9. The van der Waals surface area contributed by atoms with Crippen LogP contribution in [0.25, 0.3) is 0 Å². The fourth-order valence-electron chi connectivity index (χ4n) is 4.78. The molecule has 0 heterocycles. The highest BCUT2D eigenvalue weighted by Crippen LogP contribution is 2.27. The highest BCUT2D eigenvalue weighted by molar-refractivity contribution is 7.92. The van der Waals surface area contributed by atoms with E-state index in [0.717, 1.165) is 15.4 Å². The number of carbonyl (C=O) groups excluding carboxylic acids is 2. The summed E-state index contributed by atoms with van der Waals surface area (Å²) in [5.41, 5.74) is 2.06. The summed E-state index contributed by atoms with van der Waals surface area (Å²) < 4.78 is 44.1. The molecular formula is C35H37ClFN3O4S. The Morgan fingerprint density at radius 3 is 2.13 bits per heavy atom. The average molecular weight is 650 g/mol. The molecule has 2 atom stereocenters. The Morgan fingerprint density at radius 1 is 0.889 bits per heavy atom. The Kier molecular flexibility index (Phi) is 11.4. The summed E-state index contributed by atoms with van der Waals surface area (Å²) in [5, 5.41) is 3.36. The molecule has 7 nitrogen and oxygen atoms in total. The third kappa shape index (κ3) is 8.71. The smallest absolute Gasteiger partial charge is 0.264 e. The van der Waals surface area contributed by atoms with E-state index in [1.165, 1.54) is 47.4 Å². The van der Waals surface area contributed by atoms with Gasteiger partial charge in [0.15, 0.2) is 0 Å². The maximum Gasteiger partial charge on any atom is 0.264 e. The Labute approximate surface area is 269 Å². The number of benzene rings is 4. The van der Waals surface area contributed by atoms with E-state index < -0.39 is 40.2 Å². The van der Waals surface area contributed by atoms with E-state index in [9.17, 15) is 18.0 Å². The van der Waals surface area contributed by atoms with Gasteiger partial charge in [0.25, 0.3) is 10.0 Å². The van der Waals surface area contributed by atoms with E-state index in [0.29, 0.717) is 11.4 Å². The van der Waals surface area contributed by atoms with Crippen LogP contribution in [0.5, 0.6) is 0 Å². The van der Waals surface area contributed by atoms with Crippen molar-refractivity contribution in [2.24, 2.45) is 0 Å². The second-order valence-corrected chi connectivity index (χ2v) is 13.2. The largest absolute Gasteiger partial charge is 0.352 e. The van der Waals surface area contributed by atoms with E-state index in [1.807, 2.05) is 51.1 Å². The maximum atomic E-state index is 15.0. The first-order valence-corrected chi connectivity index (χ1v) is 16.5. The minimum Gasteiger partial charge on any atom is -0.352 e. The third-order valence-electron chi connectivity index (χ3n) is 7.57. The number of hydrogen-bond donors (Lipinski definition) is 1. The quantitative estimate of drug-likeness (QED) is 0.178. The van der Waals surface area contributed by atoms with E-state index in [-0.39, 0.29) is 35.2 Å². The number of nitrogens with zero attached hydrogens (tertiary/aromatic N) is 2. The molecule has 236 valence electrons. The molecule has 0 aliphatic carbocycles. The van der Waals surface area contributed by atoms with E-state index in [2.05, 4.69) is 5.32 Å². The summed E-state index contributed by atoms with van der Waals surface area (Å²) in [5.74, 6) is -1.64. The highest BCUT2D eigenvalue weighted by atomic mass is 35.5. The number of sulfonamides is 1. The Hall–Kier alpha value is -4.21. The minimum atomic E-state index is -4.25. The number of rotatable bonds is 13. The molecule has 0 saturated carbocycles. The van der Waals surface area contributed by atoms with Crippen LogP contribution in [0.3, 0.4) is 0 Å². The lowest BCUT2D eigenvalue weighted by molar-refractivity contribution is -0.140. The molecule has 4 aromatic carbocycles. The standard InChI is InChI=1S/C35H37ClFN3O4S/c1-4-26(3)38-35(42)33(22-27-10-6-5-7-11-27)39(23-28-12-8-9-13-32(28)37)34(41)24-40(30-18-16-29(36)17-19-30)45(43,44)31-20-14-25(2)15-21-31/h5-21,26,33H,4,22-24H2,1-3H3,(H,38,42)/t26-,33+/m0/s1. The minimum absolute atomic E-state index is 0.00754. The van der Waals surface area contributed by atoms with Crippen LogP contribution in [-0.2, 0) is 32.6 Å². The zero-order chi connectivity index (χ0) is 32.6. The van der Waals surface area contributed by atoms with Gasteiger partial charge in [-0.1, -0.05) is 84.8 Å². The normalized spacial score (nSPS) is 12.6. The first-order valence-electron chi connectivity index (χ1n) is 14.7. The van der Waals surface area contributed by atoms with Crippen LogP contribution in [0.2, 0.25) is 5.02 Å². The van der Waals surface area contributed by atoms with Gasteiger partial charge in [-0.15, -0.1) is 0 Å². The van der Waals surface area contributed by atoms with E-state index in [4.69, 9.17) is 11.6 Å². The summed E-state index contributed by atoms with van der Waals surface area (Å²) >= 11 is 6.11. The fraction of sp³-hybridized carbons (Fsp3) is 0.257. The van der Waals surface area contributed by atoms with Crippen molar-refractivity contribution in [3.05, 3.63) is 131 Å². The van der Waals surface area contributed by atoms with Crippen LogP contribution in [0.1, 0.15) is 37.0 Å². The van der Waals surface area contributed by atoms with Crippen molar-refractivity contribution in [2.75, 3.05) is 10.8 Å². The molecule has 0 unspecified atom stereocenters. The van der Waals surface area contributed by atoms with Crippen LogP contribution >= 0.6 is 11.6 Å². The Morgan fingerprint density at radius 2 is 1.51 bits per heavy atom. The summed E-state index contributed by atoms with van der Waals surface area (Å²) in [6.07, 6.45) is 0.791. The summed E-state index contributed by atoms with van der Waals surface area (Å²) in [4.78, 5) is 29.5. The first kappa shape index (κ1) is 33.7. The molecule has 4 aromatic rings.